The molecule has 1 aromatic carbocycles. The van der Waals surface area contributed by atoms with E-state index in [4.69, 9.17) is 5.73 Å². The van der Waals surface area contributed by atoms with E-state index in [1.807, 2.05) is 0 Å². The molecule has 1 aromatic rings. The highest BCUT2D eigenvalue weighted by atomic mass is 79.9. The number of anilines is 1. The van der Waals surface area contributed by atoms with Gasteiger partial charge in [-0.05, 0) is 56.0 Å². The Morgan fingerprint density at radius 3 is 2.50 bits per heavy atom. The molecule has 2 rings (SSSR count). The van der Waals surface area contributed by atoms with E-state index in [1.165, 1.54) is 27.7 Å². The molecule has 1 atom stereocenters. The van der Waals surface area contributed by atoms with Crippen LogP contribution in [0.5, 0.6) is 0 Å². The van der Waals surface area contributed by atoms with Crippen LogP contribution in [0, 0.1) is 19.8 Å². The van der Waals surface area contributed by atoms with Crippen LogP contribution in [0.4, 0.5) is 5.69 Å². The van der Waals surface area contributed by atoms with Crippen molar-refractivity contribution in [2.75, 3.05) is 24.5 Å². The minimum absolute atomic E-state index is 0.669. The molecular formula is C13H19BrN2. The highest BCUT2D eigenvalue weighted by molar-refractivity contribution is 9.10. The molecule has 0 amide bonds. The van der Waals surface area contributed by atoms with E-state index in [2.05, 4.69) is 46.8 Å². The summed E-state index contributed by atoms with van der Waals surface area (Å²) in [4.78, 5) is 2.48. The number of hydrogen-bond donors (Lipinski definition) is 1. The van der Waals surface area contributed by atoms with Crippen LogP contribution in [0.3, 0.4) is 0 Å². The number of nitrogens with two attached hydrogens (primary N) is 1. The van der Waals surface area contributed by atoms with Crippen molar-refractivity contribution in [3.63, 3.8) is 0 Å². The second kappa shape index (κ2) is 4.76. The minimum atomic E-state index is 0.669. The Labute approximate surface area is 106 Å². The maximum Gasteiger partial charge on any atom is 0.0426 e. The van der Waals surface area contributed by atoms with E-state index in [-0.39, 0.29) is 0 Å². The number of nitrogens with zero attached hydrogens (tertiary/aromatic N) is 1. The number of halogens is 1. The quantitative estimate of drug-likeness (QED) is 0.904. The molecule has 1 fully saturated rings. The van der Waals surface area contributed by atoms with Gasteiger partial charge in [0.25, 0.3) is 0 Å². The van der Waals surface area contributed by atoms with Gasteiger partial charge in [-0.2, -0.15) is 0 Å². The number of rotatable bonds is 2. The highest BCUT2D eigenvalue weighted by Crippen LogP contribution is 2.32. The number of benzene rings is 1. The molecule has 0 aromatic heterocycles. The van der Waals surface area contributed by atoms with Crippen LogP contribution < -0.4 is 10.6 Å². The fourth-order valence-corrected chi connectivity index (χ4v) is 3.32. The molecular weight excluding hydrogens is 264 g/mol. The lowest BCUT2D eigenvalue weighted by molar-refractivity contribution is 0.602. The van der Waals surface area contributed by atoms with Gasteiger partial charge in [-0.15, -0.1) is 0 Å². The molecule has 0 aliphatic carbocycles. The van der Waals surface area contributed by atoms with Crippen LogP contribution >= 0.6 is 15.9 Å². The topological polar surface area (TPSA) is 29.3 Å². The number of hydrogen-bond acceptors (Lipinski definition) is 2. The third kappa shape index (κ3) is 2.25. The molecule has 1 aliphatic rings. The summed E-state index contributed by atoms with van der Waals surface area (Å²) in [6.07, 6.45) is 1.23. The third-order valence-electron chi connectivity index (χ3n) is 3.39. The average Bonchev–Trinajstić information content (AvgIpc) is 2.64. The fraction of sp³-hybridized carbons (Fsp3) is 0.538. The standard InChI is InChI=1S/C13H19BrN2/c1-9-5-12(14)6-10(2)13(9)16-4-3-11(7-15)8-16/h5-6,11H,3-4,7-8,15H2,1-2H3. The number of aryl methyl sites for hydroxylation is 2. The van der Waals surface area contributed by atoms with Gasteiger partial charge in [-0.25, -0.2) is 0 Å². The van der Waals surface area contributed by atoms with Crippen molar-refractivity contribution in [1.29, 1.82) is 0 Å². The van der Waals surface area contributed by atoms with Gasteiger partial charge in [0.1, 0.15) is 0 Å². The van der Waals surface area contributed by atoms with Gasteiger partial charge in [0, 0.05) is 23.2 Å². The molecule has 1 aliphatic heterocycles. The maximum absolute atomic E-state index is 5.74. The van der Waals surface area contributed by atoms with E-state index < -0.39 is 0 Å². The molecule has 88 valence electrons. The van der Waals surface area contributed by atoms with E-state index in [0.29, 0.717) is 5.92 Å². The molecule has 2 nitrogen and oxygen atoms in total. The smallest absolute Gasteiger partial charge is 0.0426 e. The van der Waals surface area contributed by atoms with Crippen molar-refractivity contribution >= 4 is 21.6 Å². The lowest BCUT2D eigenvalue weighted by Gasteiger charge is -2.23. The lowest BCUT2D eigenvalue weighted by atomic mass is 10.1. The summed E-state index contributed by atoms with van der Waals surface area (Å²) in [5.74, 6) is 0.669. The highest BCUT2D eigenvalue weighted by Gasteiger charge is 2.23. The Balaban J connectivity index is 2.28. The molecule has 0 radical (unpaired) electrons. The van der Waals surface area contributed by atoms with Gasteiger partial charge in [0.15, 0.2) is 0 Å². The molecule has 1 saturated heterocycles. The first-order valence-corrected chi connectivity index (χ1v) is 6.63. The fourth-order valence-electron chi connectivity index (χ4n) is 2.63. The Morgan fingerprint density at radius 2 is 2.00 bits per heavy atom. The summed E-state index contributed by atoms with van der Waals surface area (Å²) in [5, 5.41) is 0. The first-order valence-electron chi connectivity index (χ1n) is 5.83. The molecule has 0 bridgehead atoms. The van der Waals surface area contributed by atoms with Gasteiger partial charge in [-0.3, -0.25) is 0 Å². The lowest BCUT2D eigenvalue weighted by Crippen LogP contribution is -2.24. The Morgan fingerprint density at radius 1 is 1.38 bits per heavy atom. The zero-order valence-corrected chi connectivity index (χ0v) is 11.5. The second-order valence-electron chi connectivity index (χ2n) is 4.72. The van der Waals surface area contributed by atoms with Gasteiger partial charge in [-0.1, -0.05) is 15.9 Å². The summed E-state index contributed by atoms with van der Waals surface area (Å²) in [5.41, 5.74) is 9.85. The van der Waals surface area contributed by atoms with Crippen LogP contribution in [0.2, 0.25) is 0 Å². The van der Waals surface area contributed by atoms with Crippen LogP contribution in [0.15, 0.2) is 16.6 Å². The Bertz CT molecular complexity index is 367. The summed E-state index contributed by atoms with van der Waals surface area (Å²) < 4.78 is 1.17. The second-order valence-corrected chi connectivity index (χ2v) is 5.64. The summed E-state index contributed by atoms with van der Waals surface area (Å²) in [6, 6.07) is 4.39. The van der Waals surface area contributed by atoms with E-state index in [0.717, 1.165) is 19.6 Å². The van der Waals surface area contributed by atoms with Gasteiger partial charge >= 0.3 is 0 Å². The van der Waals surface area contributed by atoms with Crippen molar-refractivity contribution in [1.82, 2.24) is 0 Å². The van der Waals surface area contributed by atoms with Crippen LogP contribution in [0.25, 0.3) is 0 Å². The first kappa shape index (κ1) is 11.9. The summed E-state index contributed by atoms with van der Waals surface area (Å²) in [6.45, 7) is 7.43. The Hall–Kier alpha value is -0.540. The largest absolute Gasteiger partial charge is 0.371 e. The molecule has 3 heteroatoms. The van der Waals surface area contributed by atoms with Crippen molar-refractivity contribution < 1.29 is 0 Å². The van der Waals surface area contributed by atoms with Crippen molar-refractivity contribution in [3.8, 4) is 0 Å². The van der Waals surface area contributed by atoms with Crippen molar-refractivity contribution in [2.24, 2.45) is 11.7 Å². The van der Waals surface area contributed by atoms with E-state index in [9.17, 15) is 0 Å². The normalized spacial score (nSPS) is 20.5. The molecule has 1 unspecified atom stereocenters. The van der Waals surface area contributed by atoms with Crippen LogP contribution in [-0.2, 0) is 0 Å². The van der Waals surface area contributed by atoms with Crippen LogP contribution in [0.1, 0.15) is 17.5 Å². The van der Waals surface area contributed by atoms with Crippen molar-refractivity contribution in [2.45, 2.75) is 20.3 Å². The van der Waals surface area contributed by atoms with Gasteiger partial charge in [0.05, 0.1) is 0 Å². The monoisotopic (exact) mass is 282 g/mol. The molecule has 1 heterocycles. The predicted octanol–water partition coefficient (Wildman–Crippen LogP) is 2.85. The van der Waals surface area contributed by atoms with Crippen molar-refractivity contribution in [3.05, 3.63) is 27.7 Å². The van der Waals surface area contributed by atoms with Gasteiger partial charge < -0.3 is 10.6 Å². The molecule has 0 spiro atoms. The molecule has 0 saturated carbocycles. The zero-order chi connectivity index (χ0) is 11.7. The SMILES string of the molecule is Cc1cc(Br)cc(C)c1N1CCC(CN)C1. The zero-order valence-electron chi connectivity index (χ0n) is 9.96. The maximum atomic E-state index is 5.74. The predicted molar refractivity (Wildman–Crippen MR) is 73.0 cm³/mol. The first-order chi connectivity index (χ1) is 7.61. The van der Waals surface area contributed by atoms with Crippen LogP contribution in [-0.4, -0.2) is 19.6 Å². The summed E-state index contributed by atoms with van der Waals surface area (Å²) in [7, 11) is 0. The average molecular weight is 283 g/mol. The van der Waals surface area contributed by atoms with E-state index in [1.54, 1.807) is 0 Å². The molecule has 2 N–H and O–H groups in total. The summed E-state index contributed by atoms with van der Waals surface area (Å²) >= 11 is 3.54. The van der Waals surface area contributed by atoms with E-state index >= 15 is 0 Å². The minimum Gasteiger partial charge on any atom is -0.371 e. The molecule has 16 heavy (non-hydrogen) atoms. The van der Waals surface area contributed by atoms with Gasteiger partial charge in [0.2, 0.25) is 0 Å². The third-order valence-corrected chi connectivity index (χ3v) is 3.85. The Kier molecular flexibility index (Phi) is 3.55.